The quantitative estimate of drug-likeness (QED) is 0.696. The van der Waals surface area contributed by atoms with Gasteiger partial charge in [-0.2, -0.15) is 4.31 Å². The number of halogens is 2. The second-order valence-electron chi connectivity index (χ2n) is 7.36. The number of rotatable bonds is 6. The predicted octanol–water partition coefficient (Wildman–Crippen LogP) is 3.76. The summed E-state index contributed by atoms with van der Waals surface area (Å²) in [5.41, 5.74) is 1.28. The average Bonchev–Trinajstić information content (AvgIpc) is 2.69. The maximum Gasteiger partial charge on any atom is 0.251 e. The van der Waals surface area contributed by atoms with Crippen LogP contribution in [0.1, 0.15) is 29.8 Å². The minimum atomic E-state index is -3.85. The molecular formula is C21H24Cl2N2O4S. The number of carbonyl (C=O) groups is 1. The first-order chi connectivity index (χ1) is 14.2. The van der Waals surface area contributed by atoms with Crippen molar-refractivity contribution >= 4 is 39.1 Å². The number of ether oxygens (including phenoxy) is 1. The molecule has 0 aliphatic carbocycles. The lowest BCUT2D eigenvalue weighted by molar-refractivity contribution is -0.0440. The minimum Gasteiger partial charge on any atom is -0.373 e. The number of hydrogen-bond donors (Lipinski definition) is 1. The molecule has 9 heteroatoms. The molecule has 0 bridgehead atoms. The van der Waals surface area contributed by atoms with Crippen molar-refractivity contribution in [2.45, 2.75) is 37.4 Å². The number of amides is 1. The van der Waals surface area contributed by atoms with E-state index in [1.165, 1.54) is 22.5 Å². The number of nitrogens with one attached hydrogen (secondary N) is 1. The van der Waals surface area contributed by atoms with Crippen LogP contribution in [0.5, 0.6) is 0 Å². The minimum absolute atomic E-state index is 0.0733. The van der Waals surface area contributed by atoms with Gasteiger partial charge in [-0.25, -0.2) is 8.42 Å². The molecule has 3 rings (SSSR count). The van der Waals surface area contributed by atoms with Gasteiger partial charge in [0, 0.05) is 30.2 Å². The standard InChI is InChI=1S/C21H24Cl2N2O4S/c1-14-12-25(13-15(2)29-14)30(27,28)20-11-17(5-8-19(20)23)21(26)24-10-9-16-3-6-18(22)7-4-16/h3-8,11,14-15H,9-10,12-13H2,1-2H3,(H,24,26). The van der Waals surface area contributed by atoms with Crippen LogP contribution in [0.3, 0.4) is 0 Å². The molecular weight excluding hydrogens is 447 g/mol. The fourth-order valence-corrected chi connectivity index (χ4v) is 5.60. The fraction of sp³-hybridized carbons (Fsp3) is 0.381. The van der Waals surface area contributed by atoms with Crippen molar-refractivity contribution in [3.63, 3.8) is 0 Å². The first-order valence-electron chi connectivity index (χ1n) is 9.64. The van der Waals surface area contributed by atoms with E-state index in [1.807, 2.05) is 26.0 Å². The first-order valence-corrected chi connectivity index (χ1v) is 11.8. The van der Waals surface area contributed by atoms with Gasteiger partial charge in [0.2, 0.25) is 10.0 Å². The van der Waals surface area contributed by atoms with Gasteiger partial charge in [0.25, 0.3) is 5.91 Å². The predicted molar refractivity (Wildman–Crippen MR) is 118 cm³/mol. The Morgan fingerprint density at radius 2 is 1.73 bits per heavy atom. The van der Waals surface area contributed by atoms with Crippen molar-refractivity contribution < 1.29 is 17.9 Å². The lowest BCUT2D eigenvalue weighted by Gasteiger charge is -2.34. The van der Waals surface area contributed by atoms with Crippen LogP contribution >= 0.6 is 23.2 Å². The normalized spacial score (nSPS) is 20.1. The zero-order valence-corrected chi connectivity index (χ0v) is 19.1. The Morgan fingerprint density at radius 3 is 2.37 bits per heavy atom. The Hall–Kier alpha value is -1.64. The van der Waals surface area contributed by atoms with Crippen LogP contribution < -0.4 is 5.32 Å². The summed E-state index contributed by atoms with van der Waals surface area (Å²) in [6.45, 7) is 4.53. The van der Waals surface area contributed by atoms with Crippen molar-refractivity contribution in [2.24, 2.45) is 0 Å². The Kier molecular flexibility index (Phi) is 7.42. The molecule has 1 N–H and O–H groups in total. The summed E-state index contributed by atoms with van der Waals surface area (Å²) in [6.07, 6.45) is 0.189. The van der Waals surface area contributed by atoms with Gasteiger partial charge in [0.15, 0.2) is 0 Å². The molecule has 1 aliphatic rings. The molecule has 1 amide bonds. The van der Waals surface area contributed by atoms with Gasteiger partial charge < -0.3 is 10.1 Å². The first kappa shape index (κ1) is 23.0. The fourth-order valence-electron chi connectivity index (χ4n) is 3.38. The summed E-state index contributed by atoms with van der Waals surface area (Å²) in [7, 11) is -3.85. The average molecular weight is 471 g/mol. The largest absolute Gasteiger partial charge is 0.373 e. The van der Waals surface area contributed by atoms with Gasteiger partial charge in [-0.05, 0) is 56.2 Å². The van der Waals surface area contributed by atoms with E-state index in [2.05, 4.69) is 5.32 Å². The van der Waals surface area contributed by atoms with Crippen LogP contribution in [0.15, 0.2) is 47.4 Å². The summed E-state index contributed by atoms with van der Waals surface area (Å²) >= 11 is 12.1. The van der Waals surface area contributed by atoms with Crippen LogP contribution in [0.4, 0.5) is 0 Å². The number of morpholine rings is 1. The smallest absolute Gasteiger partial charge is 0.251 e. The third-order valence-electron chi connectivity index (χ3n) is 4.81. The summed E-state index contributed by atoms with van der Waals surface area (Å²) < 4.78 is 33.3. The summed E-state index contributed by atoms with van der Waals surface area (Å²) in [5.74, 6) is -0.360. The van der Waals surface area contributed by atoms with Crippen molar-refractivity contribution in [1.82, 2.24) is 9.62 Å². The zero-order chi connectivity index (χ0) is 21.9. The highest BCUT2D eigenvalue weighted by Crippen LogP contribution is 2.28. The van der Waals surface area contributed by atoms with E-state index in [1.54, 1.807) is 12.1 Å². The lowest BCUT2D eigenvalue weighted by Crippen LogP contribution is -2.48. The Morgan fingerprint density at radius 1 is 1.10 bits per heavy atom. The topological polar surface area (TPSA) is 75.7 Å². The number of hydrogen-bond acceptors (Lipinski definition) is 4. The second kappa shape index (κ2) is 9.66. The summed E-state index contributed by atoms with van der Waals surface area (Å²) in [6, 6.07) is 11.7. The van der Waals surface area contributed by atoms with Gasteiger partial charge in [-0.3, -0.25) is 4.79 Å². The van der Waals surface area contributed by atoms with Crippen LogP contribution in [0, 0.1) is 0 Å². The Balaban J connectivity index is 1.72. The number of nitrogens with zero attached hydrogens (tertiary/aromatic N) is 1. The van der Waals surface area contributed by atoms with Crippen LogP contribution in [0.25, 0.3) is 0 Å². The van der Waals surface area contributed by atoms with E-state index in [4.69, 9.17) is 27.9 Å². The molecule has 1 heterocycles. The molecule has 0 aromatic heterocycles. The van der Waals surface area contributed by atoms with Crippen LogP contribution in [-0.4, -0.2) is 50.5 Å². The molecule has 162 valence electrons. The SMILES string of the molecule is CC1CN(S(=O)(=O)c2cc(C(=O)NCCc3ccc(Cl)cc3)ccc2Cl)CC(C)O1. The van der Waals surface area contributed by atoms with E-state index in [0.717, 1.165) is 5.56 Å². The van der Waals surface area contributed by atoms with E-state index in [0.29, 0.717) is 18.0 Å². The van der Waals surface area contributed by atoms with Gasteiger partial charge in [0.1, 0.15) is 4.90 Å². The molecule has 0 saturated carbocycles. The molecule has 30 heavy (non-hydrogen) atoms. The van der Waals surface area contributed by atoms with E-state index >= 15 is 0 Å². The number of sulfonamides is 1. The molecule has 1 fully saturated rings. The molecule has 2 atom stereocenters. The van der Waals surface area contributed by atoms with Gasteiger partial charge >= 0.3 is 0 Å². The van der Waals surface area contributed by atoms with Crippen molar-refractivity contribution in [2.75, 3.05) is 19.6 Å². The highest BCUT2D eigenvalue weighted by molar-refractivity contribution is 7.89. The molecule has 2 aromatic carbocycles. The molecule has 2 aromatic rings. The Labute approximate surface area is 187 Å². The van der Waals surface area contributed by atoms with Crippen molar-refractivity contribution in [3.8, 4) is 0 Å². The maximum absolute atomic E-state index is 13.1. The third-order valence-corrected chi connectivity index (χ3v) is 7.37. The van der Waals surface area contributed by atoms with Gasteiger partial charge in [-0.1, -0.05) is 35.3 Å². The van der Waals surface area contributed by atoms with E-state index in [9.17, 15) is 13.2 Å². The Bertz CT molecular complexity index is 1000. The molecule has 2 unspecified atom stereocenters. The number of benzene rings is 2. The highest BCUT2D eigenvalue weighted by Gasteiger charge is 2.33. The van der Waals surface area contributed by atoms with E-state index in [-0.39, 0.29) is 46.7 Å². The molecule has 6 nitrogen and oxygen atoms in total. The monoisotopic (exact) mass is 470 g/mol. The maximum atomic E-state index is 13.1. The molecule has 1 aliphatic heterocycles. The van der Waals surface area contributed by atoms with Gasteiger partial charge in [0.05, 0.1) is 17.2 Å². The van der Waals surface area contributed by atoms with Gasteiger partial charge in [-0.15, -0.1) is 0 Å². The van der Waals surface area contributed by atoms with Crippen LogP contribution in [-0.2, 0) is 21.2 Å². The second-order valence-corrected chi connectivity index (χ2v) is 10.1. The highest BCUT2D eigenvalue weighted by atomic mass is 35.5. The molecule has 1 saturated heterocycles. The van der Waals surface area contributed by atoms with Crippen LogP contribution in [0.2, 0.25) is 10.0 Å². The number of carbonyl (C=O) groups excluding carboxylic acids is 1. The summed E-state index contributed by atoms with van der Waals surface area (Å²) in [5, 5.41) is 3.55. The lowest BCUT2D eigenvalue weighted by atomic mass is 10.1. The summed E-state index contributed by atoms with van der Waals surface area (Å²) in [4.78, 5) is 12.5. The zero-order valence-electron chi connectivity index (χ0n) is 16.8. The molecule has 0 radical (unpaired) electrons. The third kappa shape index (κ3) is 5.53. The molecule has 0 spiro atoms. The van der Waals surface area contributed by atoms with Crippen molar-refractivity contribution in [3.05, 3.63) is 63.6 Å². The van der Waals surface area contributed by atoms with Crippen molar-refractivity contribution in [1.29, 1.82) is 0 Å². The van der Waals surface area contributed by atoms with E-state index < -0.39 is 10.0 Å².